The van der Waals surface area contributed by atoms with E-state index in [0.717, 1.165) is 15.7 Å². The monoisotopic (exact) mass is 520 g/mol. The van der Waals surface area contributed by atoms with Crippen molar-refractivity contribution in [3.8, 4) is 11.5 Å². The molecule has 2 aliphatic rings. The molecular weight excluding hydrogens is 499 g/mol. The van der Waals surface area contributed by atoms with Gasteiger partial charge in [0.1, 0.15) is 34.5 Å². The fourth-order valence-corrected chi connectivity index (χ4v) is 5.01. The second kappa shape index (κ2) is 9.08. The average molecular weight is 520 g/mol. The number of fused-ring (bicyclic) bond motifs is 2. The van der Waals surface area contributed by atoms with Crippen molar-refractivity contribution >= 4 is 20.0 Å². The van der Waals surface area contributed by atoms with E-state index in [0.29, 0.717) is 17.1 Å². The minimum Gasteiger partial charge on any atom is -0.457 e. The molecule has 0 aliphatic carbocycles. The van der Waals surface area contributed by atoms with Gasteiger partial charge in [-0.25, -0.2) is 9.36 Å². The Bertz CT molecular complexity index is 1390. The predicted molar refractivity (Wildman–Crippen MR) is 124 cm³/mol. The highest BCUT2D eigenvalue weighted by Crippen LogP contribution is 2.47. The van der Waals surface area contributed by atoms with Gasteiger partial charge in [0, 0.05) is 28.8 Å². The molecular formula is C22H21N2O9PS. The van der Waals surface area contributed by atoms with Crippen molar-refractivity contribution in [1.82, 2.24) is 9.55 Å². The summed E-state index contributed by atoms with van der Waals surface area (Å²) in [6, 6.07) is 14.8. The van der Waals surface area contributed by atoms with Crippen LogP contribution in [0.4, 0.5) is 0 Å². The molecule has 0 spiro atoms. The van der Waals surface area contributed by atoms with E-state index in [1.807, 2.05) is 48.5 Å². The number of aromatic nitrogens is 2. The van der Waals surface area contributed by atoms with Gasteiger partial charge in [-0.05, 0) is 12.1 Å². The summed E-state index contributed by atoms with van der Waals surface area (Å²) in [4.78, 5) is 33.3. The molecule has 1 aromatic heterocycles. The maximum Gasteiger partial charge on any atom is 0.469 e. The van der Waals surface area contributed by atoms with Crippen LogP contribution in [-0.2, 0) is 13.8 Å². The van der Waals surface area contributed by atoms with E-state index in [1.165, 1.54) is 6.20 Å². The average Bonchev–Trinajstić information content (AvgIpc) is 3.10. The normalized spacial score (nSPS) is 24.0. The van der Waals surface area contributed by atoms with Gasteiger partial charge in [0.25, 0.3) is 0 Å². The molecule has 0 bridgehead atoms. The van der Waals surface area contributed by atoms with Crippen molar-refractivity contribution in [2.45, 2.75) is 30.5 Å². The number of phosphoric acid groups is 1. The molecule has 35 heavy (non-hydrogen) atoms. The maximum absolute atomic E-state index is 12.8. The molecule has 1 fully saturated rings. The molecule has 0 radical (unpaired) electrons. The van der Waals surface area contributed by atoms with E-state index < -0.39 is 50.6 Å². The van der Waals surface area contributed by atoms with Gasteiger partial charge in [-0.15, -0.1) is 0 Å². The molecule has 0 saturated carbocycles. The topological polar surface area (TPSA) is 163 Å². The zero-order valence-corrected chi connectivity index (χ0v) is 19.6. The lowest BCUT2D eigenvalue weighted by molar-refractivity contribution is -0.0543. The molecule has 2 aromatic carbocycles. The molecule has 2 aliphatic heterocycles. The largest absolute Gasteiger partial charge is 0.469 e. The van der Waals surface area contributed by atoms with Gasteiger partial charge >= 0.3 is 13.5 Å². The third-order valence-electron chi connectivity index (χ3n) is 6.00. The first kappa shape index (κ1) is 24.0. The van der Waals surface area contributed by atoms with Gasteiger partial charge in [-0.3, -0.25) is 14.1 Å². The maximum atomic E-state index is 12.8. The van der Waals surface area contributed by atoms with Crippen molar-refractivity contribution in [2.24, 2.45) is 0 Å². The number of aromatic amines is 1. The number of aliphatic hydroxyl groups is 2. The van der Waals surface area contributed by atoms with Crippen LogP contribution in [-0.4, -0.2) is 54.5 Å². The quantitative estimate of drug-likeness (QED) is 0.194. The minimum atomic E-state index is -4.83. The van der Waals surface area contributed by atoms with Gasteiger partial charge < -0.3 is 29.5 Å². The van der Waals surface area contributed by atoms with Crippen molar-refractivity contribution in [3.63, 3.8) is 0 Å². The lowest BCUT2D eigenvalue weighted by Crippen LogP contribution is -2.36. The number of phosphoric ester groups is 1. The van der Waals surface area contributed by atoms with Gasteiger partial charge in [0.2, 0.25) is 0 Å². The van der Waals surface area contributed by atoms with Crippen LogP contribution >= 0.6 is 20.0 Å². The van der Waals surface area contributed by atoms with Crippen LogP contribution in [0.3, 0.4) is 0 Å². The Morgan fingerprint density at radius 3 is 2.20 bits per heavy atom. The summed E-state index contributed by atoms with van der Waals surface area (Å²) >= 11 is 5.50. The molecule has 4 atom stereocenters. The Morgan fingerprint density at radius 1 is 1.00 bits per heavy atom. The van der Waals surface area contributed by atoms with E-state index in [4.69, 9.17) is 31.5 Å². The van der Waals surface area contributed by atoms with Crippen LogP contribution in [0.2, 0.25) is 0 Å². The third kappa shape index (κ3) is 4.51. The van der Waals surface area contributed by atoms with Crippen LogP contribution in [0, 0.1) is 4.64 Å². The summed E-state index contributed by atoms with van der Waals surface area (Å²) in [6.07, 6.45) is -4.33. The van der Waals surface area contributed by atoms with Gasteiger partial charge in [0.15, 0.2) is 6.23 Å². The Morgan fingerprint density at radius 2 is 1.60 bits per heavy atom. The van der Waals surface area contributed by atoms with E-state index in [2.05, 4.69) is 9.51 Å². The van der Waals surface area contributed by atoms with Crippen LogP contribution in [0.5, 0.6) is 11.5 Å². The molecule has 13 heteroatoms. The highest BCUT2D eigenvalue weighted by atomic mass is 32.1. The zero-order chi connectivity index (χ0) is 24.9. The molecule has 0 unspecified atom stereocenters. The highest BCUT2D eigenvalue weighted by molar-refractivity contribution is 7.71. The SMILES string of the molecule is O=c1[nH]c(=S)c(C2c3ccccc3Oc3ccccc32)cn1[C@@H]1O[C@H](COP(=O)(O)O)[C@@H](O)[C@H]1O. The molecule has 5 N–H and O–H groups in total. The Labute approximate surface area is 203 Å². The van der Waals surface area contributed by atoms with Gasteiger partial charge in [-0.1, -0.05) is 48.6 Å². The lowest BCUT2D eigenvalue weighted by Gasteiger charge is -2.29. The second-order valence-corrected chi connectivity index (χ2v) is 9.84. The van der Waals surface area contributed by atoms with E-state index in [1.54, 1.807) is 0 Å². The number of aliphatic hydroxyl groups excluding tert-OH is 2. The van der Waals surface area contributed by atoms with E-state index in [-0.39, 0.29) is 4.64 Å². The van der Waals surface area contributed by atoms with Crippen LogP contribution < -0.4 is 10.4 Å². The number of H-pyrrole nitrogens is 1. The number of para-hydroxylation sites is 2. The molecule has 184 valence electrons. The summed E-state index contributed by atoms with van der Waals surface area (Å²) < 4.78 is 28.3. The minimum absolute atomic E-state index is 0.178. The van der Waals surface area contributed by atoms with Gasteiger partial charge in [0.05, 0.1) is 6.61 Å². The standard InChI is InChI=1S/C22H21N2O9PS/c25-18-16(10-31-34(28,29)30)33-21(19(18)26)24-9-13(20(35)23-22(24)27)17-11-5-1-3-7-14(11)32-15-8-4-2-6-12(15)17/h1-9,16-19,21,25-26H,10H2,(H,23,27,35)(H2,28,29,30)/t16-,18-,19-,21-/m1/s1. The first-order valence-corrected chi connectivity index (χ1v) is 12.5. The molecule has 3 heterocycles. The Balaban J connectivity index is 1.58. The van der Waals surface area contributed by atoms with Crippen molar-refractivity contribution in [2.75, 3.05) is 6.61 Å². The lowest BCUT2D eigenvalue weighted by atomic mass is 9.84. The fourth-order valence-electron chi connectivity index (χ4n) is 4.41. The first-order chi connectivity index (χ1) is 16.6. The number of rotatable bonds is 5. The number of ether oxygens (including phenoxy) is 2. The zero-order valence-electron chi connectivity index (χ0n) is 17.9. The van der Waals surface area contributed by atoms with Crippen molar-refractivity contribution in [3.05, 3.63) is 86.5 Å². The number of nitrogens with zero attached hydrogens (tertiary/aromatic N) is 1. The number of hydrogen-bond acceptors (Lipinski definition) is 8. The number of hydrogen-bond donors (Lipinski definition) is 5. The second-order valence-electron chi connectivity index (χ2n) is 8.19. The van der Waals surface area contributed by atoms with Crippen molar-refractivity contribution < 1.29 is 38.6 Å². The predicted octanol–water partition coefficient (Wildman–Crippen LogP) is 1.92. The number of nitrogens with one attached hydrogen (secondary N) is 1. The van der Waals surface area contributed by atoms with E-state index >= 15 is 0 Å². The molecule has 5 rings (SSSR count). The molecule has 1 saturated heterocycles. The fraction of sp³-hybridized carbons (Fsp3) is 0.273. The summed E-state index contributed by atoms with van der Waals surface area (Å²) in [5.74, 6) is 0.847. The highest BCUT2D eigenvalue weighted by Gasteiger charge is 2.45. The Kier molecular flexibility index (Phi) is 6.24. The molecule has 11 nitrogen and oxygen atoms in total. The van der Waals surface area contributed by atoms with Crippen LogP contribution in [0.1, 0.15) is 28.8 Å². The summed E-state index contributed by atoms with van der Waals surface area (Å²) in [7, 11) is -4.83. The van der Waals surface area contributed by atoms with Crippen molar-refractivity contribution in [1.29, 1.82) is 0 Å². The van der Waals surface area contributed by atoms with E-state index in [9.17, 15) is 19.6 Å². The summed E-state index contributed by atoms with van der Waals surface area (Å²) in [5, 5.41) is 20.9. The van der Waals surface area contributed by atoms with Gasteiger partial charge in [-0.2, -0.15) is 0 Å². The van der Waals surface area contributed by atoms with Crippen LogP contribution in [0.15, 0.2) is 59.5 Å². The smallest absolute Gasteiger partial charge is 0.457 e. The summed E-state index contributed by atoms with van der Waals surface area (Å²) in [6.45, 7) is -0.690. The Hall–Kier alpha value is -2.67. The third-order valence-corrected chi connectivity index (χ3v) is 6.83. The molecule has 3 aromatic rings. The summed E-state index contributed by atoms with van der Waals surface area (Å²) in [5.41, 5.74) is 1.47. The van der Waals surface area contributed by atoms with Crippen LogP contribution in [0.25, 0.3) is 0 Å². The number of benzene rings is 2. The molecule has 0 amide bonds. The first-order valence-electron chi connectivity index (χ1n) is 10.6.